The van der Waals surface area contributed by atoms with E-state index >= 15 is 0 Å². The Morgan fingerprint density at radius 1 is 1.00 bits per heavy atom. The molecule has 0 aliphatic heterocycles. The molecule has 0 atom stereocenters. The maximum atomic E-state index is 6.13. The summed E-state index contributed by atoms with van der Waals surface area (Å²) >= 11 is 18.4. The van der Waals surface area contributed by atoms with Gasteiger partial charge in [-0.25, -0.2) is 9.97 Å². The number of hydrogen-bond acceptors (Lipinski definition) is 2. The van der Waals surface area contributed by atoms with Crippen LogP contribution in [-0.4, -0.2) is 9.97 Å². The fraction of sp³-hybridized carbons (Fsp3) is 0.167. The summed E-state index contributed by atoms with van der Waals surface area (Å²) in [4.78, 5) is 8.36. The molecule has 1 aromatic carbocycles. The van der Waals surface area contributed by atoms with E-state index in [1.165, 1.54) is 0 Å². The second-order valence-electron chi connectivity index (χ2n) is 3.43. The topological polar surface area (TPSA) is 25.8 Å². The van der Waals surface area contributed by atoms with Gasteiger partial charge in [0.05, 0.1) is 5.56 Å². The predicted octanol–water partition coefficient (Wildman–Crippen LogP) is 4.67. The second kappa shape index (κ2) is 5.21. The number of rotatable bonds is 2. The van der Waals surface area contributed by atoms with Crippen LogP contribution < -0.4 is 0 Å². The Kier molecular flexibility index (Phi) is 3.87. The van der Waals surface area contributed by atoms with Crippen LogP contribution in [0.2, 0.25) is 15.3 Å². The van der Waals surface area contributed by atoms with Crippen LogP contribution >= 0.6 is 34.8 Å². The van der Waals surface area contributed by atoms with Gasteiger partial charge >= 0.3 is 0 Å². The number of aromatic nitrogens is 2. The maximum Gasteiger partial charge on any atom is 0.142 e. The van der Waals surface area contributed by atoms with Gasteiger partial charge in [0.15, 0.2) is 0 Å². The minimum absolute atomic E-state index is 0.329. The van der Waals surface area contributed by atoms with Gasteiger partial charge in [0.2, 0.25) is 0 Å². The Labute approximate surface area is 115 Å². The van der Waals surface area contributed by atoms with E-state index in [9.17, 15) is 0 Å². The van der Waals surface area contributed by atoms with Gasteiger partial charge in [0.1, 0.15) is 16.1 Å². The smallest absolute Gasteiger partial charge is 0.142 e. The average molecular weight is 288 g/mol. The molecule has 0 fully saturated rings. The standard InChI is InChI=1S/C12H9Cl3N2/c1-2-9-16-11(14)10(12(15)17-9)7-5-3-4-6-8(7)13/h3-6H,2H2,1H3. The van der Waals surface area contributed by atoms with Crippen molar-refractivity contribution in [3.8, 4) is 11.1 Å². The molecule has 0 bridgehead atoms. The molecular formula is C12H9Cl3N2. The number of aryl methyl sites for hydroxylation is 1. The van der Waals surface area contributed by atoms with Crippen LogP contribution in [0.25, 0.3) is 11.1 Å². The van der Waals surface area contributed by atoms with Crippen LogP contribution in [0.5, 0.6) is 0 Å². The van der Waals surface area contributed by atoms with Gasteiger partial charge in [-0.1, -0.05) is 59.9 Å². The highest BCUT2D eigenvalue weighted by Crippen LogP contribution is 2.36. The van der Waals surface area contributed by atoms with Gasteiger partial charge in [-0.15, -0.1) is 0 Å². The first kappa shape index (κ1) is 12.6. The highest BCUT2D eigenvalue weighted by Gasteiger charge is 2.15. The van der Waals surface area contributed by atoms with Crippen molar-refractivity contribution in [2.75, 3.05) is 0 Å². The molecular weight excluding hydrogens is 279 g/mol. The lowest BCUT2D eigenvalue weighted by Gasteiger charge is -2.09. The first-order valence-electron chi connectivity index (χ1n) is 5.10. The first-order valence-corrected chi connectivity index (χ1v) is 6.23. The van der Waals surface area contributed by atoms with E-state index < -0.39 is 0 Å². The fourth-order valence-corrected chi connectivity index (χ4v) is 2.35. The highest BCUT2D eigenvalue weighted by molar-refractivity contribution is 6.40. The molecule has 1 heterocycles. The fourth-order valence-electron chi connectivity index (χ4n) is 1.49. The summed E-state index contributed by atoms with van der Waals surface area (Å²) in [6.45, 7) is 1.94. The lowest BCUT2D eigenvalue weighted by atomic mass is 10.1. The van der Waals surface area contributed by atoms with E-state index in [2.05, 4.69) is 9.97 Å². The summed E-state index contributed by atoms with van der Waals surface area (Å²) in [7, 11) is 0. The number of benzene rings is 1. The van der Waals surface area contributed by atoms with Gasteiger partial charge < -0.3 is 0 Å². The summed E-state index contributed by atoms with van der Waals surface area (Å²) in [5, 5.41) is 1.23. The Hall–Kier alpha value is -0.830. The van der Waals surface area contributed by atoms with Crippen molar-refractivity contribution in [2.24, 2.45) is 0 Å². The number of hydrogen-bond donors (Lipinski definition) is 0. The van der Waals surface area contributed by atoms with Crippen LogP contribution in [0, 0.1) is 0 Å². The Morgan fingerprint density at radius 3 is 2.12 bits per heavy atom. The van der Waals surface area contributed by atoms with Crippen molar-refractivity contribution in [3.63, 3.8) is 0 Å². The van der Waals surface area contributed by atoms with E-state index in [-0.39, 0.29) is 0 Å². The van der Waals surface area contributed by atoms with E-state index in [0.717, 1.165) is 5.56 Å². The molecule has 0 saturated carbocycles. The van der Waals surface area contributed by atoms with E-state index in [1.54, 1.807) is 6.07 Å². The molecule has 2 nitrogen and oxygen atoms in total. The molecule has 0 amide bonds. The molecule has 0 aliphatic rings. The molecule has 0 aliphatic carbocycles. The summed E-state index contributed by atoms with van der Waals surface area (Å²) < 4.78 is 0. The van der Waals surface area contributed by atoms with Crippen LogP contribution in [0.4, 0.5) is 0 Å². The number of halogens is 3. The average Bonchev–Trinajstić information content (AvgIpc) is 2.30. The molecule has 0 unspecified atom stereocenters. The summed E-state index contributed by atoms with van der Waals surface area (Å²) in [5.74, 6) is 0.621. The predicted molar refractivity (Wildman–Crippen MR) is 71.9 cm³/mol. The first-order chi connectivity index (χ1) is 8.13. The maximum absolute atomic E-state index is 6.13. The van der Waals surface area contributed by atoms with Gasteiger partial charge in [0, 0.05) is 17.0 Å². The second-order valence-corrected chi connectivity index (χ2v) is 4.55. The molecule has 0 spiro atoms. The monoisotopic (exact) mass is 286 g/mol. The van der Waals surface area contributed by atoms with Crippen molar-refractivity contribution in [1.29, 1.82) is 0 Å². The molecule has 5 heteroatoms. The summed E-state index contributed by atoms with van der Waals surface area (Å²) in [6, 6.07) is 7.32. The van der Waals surface area contributed by atoms with Crippen LogP contribution in [0.1, 0.15) is 12.7 Å². The van der Waals surface area contributed by atoms with Crippen LogP contribution in [0.15, 0.2) is 24.3 Å². The van der Waals surface area contributed by atoms with Crippen molar-refractivity contribution in [2.45, 2.75) is 13.3 Å². The zero-order chi connectivity index (χ0) is 12.4. The lowest BCUT2D eigenvalue weighted by Crippen LogP contribution is -1.97. The van der Waals surface area contributed by atoms with Gasteiger partial charge in [-0.2, -0.15) is 0 Å². The van der Waals surface area contributed by atoms with E-state index in [4.69, 9.17) is 34.8 Å². The van der Waals surface area contributed by atoms with Crippen molar-refractivity contribution in [3.05, 3.63) is 45.4 Å². The zero-order valence-corrected chi connectivity index (χ0v) is 11.3. The van der Waals surface area contributed by atoms with E-state index in [1.807, 2.05) is 25.1 Å². The van der Waals surface area contributed by atoms with Crippen molar-refractivity contribution in [1.82, 2.24) is 9.97 Å². The summed E-state index contributed by atoms with van der Waals surface area (Å²) in [6.07, 6.45) is 0.683. The molecule has 2 aromatic rings. The molecule has 0 saturated heterocycles. The van der Waals surface area contributed by atoms with Gasteiger partial charge in [-0.3, -0.25) is 0 Å². The Bertz CT molecular complexity index is 532. The third-order valence-corrected chi connectivity index (χ3v) is 3.20. The van der Waals surface area contributed by atoms with Crippen molar-refractivity contribution < 1.29 is 0 Å². The molecule has 1 aromatic heterocycles. The van der Waals surface area contributed by atoms with Gasteiger partial charge in [-0.05, 0) is 6.07 Å². The molecule has 0 N–H and O–H groups in total. The molecule has 0 radical (unpaired) electrons. The lowest BCUT2D eigenvalue weighted by molar-refractivity contribution is 0.942. The Balaban J connectivity index is 2.64. The van der Waals surface area contributed by atoms with Crippen LogP contribution in [0.3, 0.4) is 0 Å². The van der Waals surface area contributed by atoms with Crippen molar-refractivity contribution >= 4 is 34.8 Å². The largest absolute Gasteiger partial charge is 0.220 e. The Morgan fingerprint density at radius 2 is 1.59 bits per heavy atom. The van der Waals surface area contributed by atoms with E-state index in [0.29, 0.717) is 33.1 Å². The molecule has 88 valence electrons. The van der Waals surface area contributed by atoms with Crippen LogP contribution in [-0.2, 0) is 6.42 Å². The molecule has 17 heavy (non-hydrogen) atoms. The zero-order valence-electron chi connectivity index (χ0n) is 9.04. The quantitative estimate of drug-likeness (QED) is 0.750. The summed E-state index contributed by atoms with van der Waals surface area (Å²) in [5.41, 5.74) is 1.32. The normalized spacial score (nSPS) is 10.6. The van der Waals surface area contributed by atoms with Gasteiger partial charge in [0.25, 0.3) is 0 Å². The minimum Gasteiger partial charge on any atom is -0.220 e. The minimum atomic E-state index is 0.329. The SMILES string of the molecule is CCc1nc(Cl)c(-c2ccccc2Cl)c(Cl)n1. The third-order valence-electron chi connectivity index (χ3n) is 2.33. The third kappa shape index (κ3) is 2.54. The highest BCUT2D eigenvalue weighted by atomic mass is 35.5. The molecule has 2 rings (SSSR count). The number of nitrogens with zero attached hydrogens (tertiary/aromatic N) is 2.